The van der Waals surface area contributed by atoms with Gasteiger partial charge in [0.05, 0.1) is 16.9 Å². The summed E-state index contributed by atoms with van der Waals surface area (Å²) in [6.07, 6.45) is 0.687. The Balaban J connectivity index is 1.52. The monoisotopic (exact) mass is 429 g/mol. The van der Waals surface area contributed by atoms with Crippen LogP contribution in [0.4, 0.5) is 20.2 Å². The molecule has 0 radical (unpaired) electrons. The molecule has 2 aromatic carbocycles. The molecular formula is C22H21F2N3O4. The van der Waals surface area contributed by atoms with Crippen molar-refractivity contribution in [3.8, 4) is 5.75 Å². The van der Waals surface area contributed by atoms with Crippen LogP contribution in [-0.2, 0) is 9.59 Å². The molecule has 0 aromatic heterocycles. The van der Waals surface area contributed by atoms with Gasteiger partial charge in [0.2, 0.25) is 11.8 Å². The molecule has 1 fully saturated rings. The van der Waals surface area contributed by atoms with Gasteiger partial charge in [0.25, 0.3) is 5.91 Å². The number of para-hydroxylation sites is 3. The van der Waals surface area contributed by atoms with Crippen LogP contribution in [0.25, 0.3) is 0 Å². The molecule has 2 aliphatic rings. The van der Waals surface area contributed by atoms with E-state index in [0.717, 1.165) is 0 Å². The van der Waals surface area contributed by atoms with Crippen molar-refractivity contribution in [2.75, 3.05) is 16.8 Å². The normalized spacial score (nSPS) is 20.0. The maximum absolute atomic E-state index is 13.2. The quantitative estimate of drug-likeness (QED) is 0.761. The topological polar surface area (TPSA) is 79.0 Å². The van der Waals surface area contributed by atoms with Crippen molar-refractivity contribution < 1.29 is 27.9 Å². The number of nitrogens with one attached hydrogen (secondary N) is 1. The average molecular weight is 429 g/mol. The number of rotatable bonds is 6. The van der Waals surface area contributed by atoms with E-state index in [-0.39, 0.29) is 36.2 Å². The molecule has 0 saturated carbocycles. The summed E-state index contributed by atoms with van der Waals surface area (Å²) in [5, 5.41) is 2.55. The van der Waals surface area contributed by atoms with Crippen LogP contribution in [0.3, 0.4) is 0 Å². The molecule has 1 N–H and O–H groups in total. The van der Waals surface area contributed by atoms with Crippen molar-refractivity contribution in [3.63, 3.8) is 0 Å². The van der Waals surface area contributed by atoms with Crippen molar-refractivity contribution in [2.45, 2.75) is 38.5 Å². The SMILES string of the molecule is CC12CCC(=O)N1c1ccccc1C(=O)N2CCC(=O)Nc1ccccc1OC(F)F. The summed E-state index contributed by atoms with van der Waals surface area (Å²) in [6, 6.07) is 12.8. The molecule has 162 valence electrons. The van der Waals surface area contributed by atoms with Crippen molar-refractivity contribution in [2.24, 2.45) is 0 Å². The highest BCUT2D eigenvalue weighted by Gasteiger charge is 2.52. The van der Waals surface area contributed by atoms with E-state index in [0.29, 0.717) is 24.1 Å². The number of halogens is 2. The Morgan fingerprint density at radius 3 is 2.65 bits per heavy atom. The molecule has 0 aliphatic carbocycles. The van der Waals surface area contributed by atoms with E-state index >= 15 is 0 Å². The summed E-state index contributed by atoms with van der Waals surface area (Å²) in [4.78, 5) is 41.4. The van der Waals surface area contributed by atoms with Gasteiger partial charge in [-0.2, -0.15) is 8.78 Å². The van der Waals surface area contributed by atoms with E-state index in [2.05, 4.69) is 10.1 Å². The zero-order valence-electron chi connectivity index (χ0n) is 16.8. The predicted molar refractivity (Wildman–Crippen MR) is 109 cm³/mol. The maximum Gasteiger partial charge on any atom is 0.387 e. The summed E-state index contributed by atoms with van der Waals surface area (Å²) in [6.45, 7) is -1.14. The van der Waals surface area contributed by atoms with Gasteiger partial charge < -0.3 is 15.0 Å². The highest BCUT2D eigenvalue weighted by atomic mass is 19.3. The van der Waals surface area contributed by atoms with Crippen LogP contribution >= 0.6 is 0 Å². The molecule has 1 saturated heterocycles. The van der Waals surface area contributed by atoms with Crippen molar-refractivity contribution in [1.29, 1.82) is 0 Å². The van der Waals surface area contributed by atoms with Gasteiger partial charge in [0.15, 0.2) is 0 Å². The Hall–Kier alpha value is -3.49. The second kappa shape index (κ2) is 7.98. The molecule has 1 unspecified atom stereocenters. The first kappa shape index (κ1) is 20.8. The van der Waals surface area contributed by atoms with E-state index in [9.17, 15) is 23.2 Å². The third kappa shape index (κ3) is 3.71. The van der Waals surface area contributed by atoms with Gasteiger partial charge in [-0.05, 0) is 37.6 Å². The lowest BCUT2D eigenvalue weighted by atomic mass is 9.98. The number of fused-ring (bicyclic) bond motifs is 3. The van der Waals surface area contributed by atoms with Gasteiger partial charge >= 0.3 is 6.61 Å². The maximum atomic E-state index is 13.2. The summed E-state index contributed by atoms with van der Waals surface area (Å²) in [7, 11) is 0. The number of anilines is 2. The molecule has 0 bridgehead atoms. The van der Waals surface area contributed by atoms with Crippen molar-refractivity contribution >= 4 is 29.1 Å². The lowest BCUT2D eigenvalue weighted by molar-refractivity contribution is -0.117. The van der Waals surface area contributed by atoms with E-state index in [1.165, 1.54) is 18.2 Å². The standard InChI is InChI=1S/C22H21F2N3O4/c1-22-12-10-19(29)27(22)16-8-4-2-6-14(16)20(30)26(22)13-11-18(28)25-15-7-3-5-9-17(15)31-21(23)24/h2-9,21H,10-13H2,1H3,(H,25,28). The van der Waals surface area contributed by atoms with E-state index in [1.807, 2.05) is 6.92 Å². The Morgan fingerprint density at radius 1 is 1.16 bits per heavy atom. The highest BCUT2D eigenvalue weighted by Crippen LogP contribution is 2.44. The van der Waals surface area contributed by atoms with Crippen molar-refractivity contribution in [3.05, 3.63) is 54.1 Å². The number of hydrogen-bond donors (Lipinski definition) is 1. The molecular weight excluding hydrogens is 408 g/mol. The lowest BCUT2D eigenvalue weighted by Gasteiger charge is -2.48. The second-order valence-electron chi connectivity index (χ2n) is 7.59. The average Bonchev–Trinajstić information content (AvgIpc) is 3.04. The van der Waals surface area contributed by atoms with E-state index in [4.69, 9.17) is 0 Å². The van der Waals surface area contributed by atoms with Gasteiger partial charge in [0, 0.05) is 19.4 Å². The second-order valence-corrected chi connectivity index (χ2v) is 7.59. The Kier molecular flexibility index (Phi) is 5.34. The first-order valence-corrected chi connectivity index (χ1v) is 9.89. The molecule has 2 heterocycles. The Morgan fingerprint density at radius 2 is 1.87 bits per heavy atom. The van der Waals surface area contributed by atoms with Gasteiger partial charge in [-0.15, -0.1) is 0 Å². The van der Waals surface area contributed by atoms with Crippen LogP contribution in [0.1, 0.15) is 36.5 Å². The third-order valence-electron chi connectivity index (χ3n) is 5.69. The fraction of sp³-hybridized carbons (Fsp3) is 0.318. The number of amides is 3. The fourth-order valence-electron chi connectivity index (χ4n) is 4.24. The number of ether oxygens (including phenoxy) is 1. The molecule has 4 rings (SSSR count). The number of carbonyl (C=O) groups excluding carboxylic acids is 3. The van der Waals surface area contributed by atoms with Crippen LogP contribution in [0, 0.1) is 0 Å². The lowest BCUT2D eigenvalue weighted by Crippen LogP contribution is -2.62. The van der Waals surface area contributed by atoms with Gasteiger partial charge in [-0.3, -0.25) is 19.3 Å². The number of hydrogen-bond acceptors (Lipinski definition) is 4. The van der Waals surface area contributed by atoms with Crippen molar-refractivity contribution in [1.82, 2.24) is 4.90 Å². The number of alkyl halides is 2. The van der Waals surface area contributed by atoms with Crippen LogP contribution in [0.15, 0.2) is 48.5 Å². The van der Waals surface area contributed by atoms with Gasteiger partial charge in [-0.1, -0.05) is 24.3 Å². The first-order chi connectivity index (χ1) is 14.8. The Labute approximate surface area is 177 Å². The molecule has 7 nitrogen and oxygen atoms in total. The molecule has 0 spiro atoms. The van der Waals surface area contributed by atoms with Gasteiger partial charge in [0.1, 0.15) is 11.4 Å². The van der Waals surface area contributed by atoms with E-state index in [1.54, 1.807) is 40.1 Å². The molecule has 9 heteroatoms. The third-order valence-corrected chi connectivity index (χ3v) is 5.69. The number of nitrogens with zero attached hydrogens (tertiary/aromatic N) is 2. The Bertz CT molecular complexity index is 1040. The summed E-state index contributed by atoms with van der Waals surface area (Å²) >= 11 is 0. The minimum Gasteiger partial charge on any atom is -0.433 e. The smallest absolute Gasteiger partial charge is 0.387 e. The fourth-order valence-corrected chi connectivity index (χ4v) is 4.24. The summed E-state index contributed by atoms with van der Waals surface area (Å²) in [5.74, 6) is -0.932. The number of carbonyl (C=O) groups is 3. The van der Waals surface area contributed by atoms with Crippen LogP contribution in [0.5, 0.6) is 5.75 Å². The molecule has 1 atom stereocenters. The van der Waals surface area contributed by atoms with Gasteiger partial charge in [-0.25, -0.2) is 0 Å². The first-order valence-electron chi connectivity index (χ1n) is 9.89. The molecule has 31 heavy (non-hydrogen) atoms. The van der Waals surface area contributed by atoms with Crippen LogP contribution in [-0.4, -0.2) is 41.4 Å². The van der Waals surface area contributed by atoms with Crippen LogP contribution in [0.2, 0.25) is 0 Å². The zero-order valence-corrected chi connectivity index (χ0v) is 16.8. The van der Waals surface area contributed by atoms with Crippen LogP contribution < -0.4 is 15.0 Å². The highest BCUT2D eigenvalue weighted by molar-refractivity contribution is 6.10. The summed E-state index contributed by atoms with van der Waals surface area (Å²) in [5.41, 5.74) is 0.244. The largest absolute Gasteiger partial charge is 0.433 e. The van der Waals surface area contributed by atoms with E-state index < -0.39 is 18.2 Å². The molecule has 2 aromatic rings. The minimum absolute atomic E-state index is 0.0666. The number of benzene rings is 2. The molecule has 3 amide bonds. The summed E-state index contributed by atoms with van der Waals surface area (Å²) < 4.78 is 29.6. The predicted octanol–water partition coefficient (Wildman–Crippen LogP) is 3.62. The zero-order chi connectivity index (χ0) is 22.2. The minimum atomic E-state index is -3.02. The molecule has 2 aliphatic heterocycles.